The van der Waals surface area contributed by atoms with Gasteiger partial charge in [-0.3, -0.25) is 4.79 Å². The van der Waals surface area contributed by atoms with Crippen LogP contribution in [-0.4, -0.2) is 38.3 Å². The van der Waals surface area contributed by atoms with Crippen LogP contribution in [0.3, 0.4) is 0 Å². The van der Waals surface area contributed by atoms with Crippen molar-refractivity contribution in [3.8, 4) is 0 Å². The monoisotopic (exact) mass is 502 g/mol. The first-order valence-corrected chi connectivity index (χ1v) is 15.7. The zero-order chi connectivity index (χ0) is 25.9. The number of hydrogen-bond donors (Lipinski definition) is 2. The average molecular weight is 503 g/mol. The molecule has 9 unspecified atom stereocenters. The minimum Gasteiger partial charge on any atom is -0.469 e. The number of esters is 1. The van der Waals surface area contributed by atoms with Crippen molar-refractivity contribution in [2.45, 2.75) is 130 Å². The Hall–Kier alpha value is -0.610. The fraction of sp³-hybridized carbons (Fsp3) is 0.969. The minimum atomic E-state index is -0.0374. The number of hydrogen-bond acceptors (Lipinski definition) is 4. The van der Waals surface area contributed by atoms with Crippen molar-refractivity contribution in [2.75, 3.05) is 20.2 Å². The van der Waals surface area contributed by atoms with Crippen LogP contribution >= 0.6 is 0 Å². The Morgan fingerprint density at radius 2 is 1.67 bits per heavy atom. The standard InChI is InChI=1S/C32H58N2O2/c1-22(2)33-17-18-34-28-14-16-32(5)26(20-28)10-8-24-19-27(32)13-15-31(4)21-25(24)9-11-29(31)23(3)7-12-30(35)36-6/h22-29,33-34H,7-21H2,1-6H3. The van der Waals surface area contributed by atoms with Gasteiger partial charge in [-0.2, -0.15) is 0 Å². The summed E-state index contributed by atoms with van der Waals surface area (Å²) in [5, 5.41) is 7.49. The van der Waals surface area contributed by atoms with Crippen LogP contribution in [0.25, 0.3) is 0 Å². The molecule has 4 bridgehead atoms. The number of rotatable bonds is 9. The van der Waals surface area contributed by atoms with Crippen molar-refractivity contribution in [1.82, 2.24) is 10.6 Å². The van der Waals surface area contributed by atoms with E-state index < -0.39 is 0 Å². The molecule has 4 aliphatic rings. The first-order valence-electron chi connectivity index (χ1n) is 15.7. The highest BCUT2D eigenvalue weighted by molar-refractivity contribution is 5.69. The second kappa shape index (κ2) is 12.1. The fourth-order valence-electron chi connectivity index (χ4n) is 9.68. The highest BCUT2D eigenvalue weighted by Gasteiger charge is 2.52. The summed E-state index contributed by atoms with van der Waals surface area (Å²) >= 11 is 0. The van der Waals surface area contributed by atoms with Gasteiger partial charge in [0.15, 0.2) is 0 Å². The molecule has 0 saturated heterocycles. The quantitative estimate of drug-likeness (QED) is 0.264. The summed E-state index contributed by atoms with van der Waals surface area (Å²) < 4.78 is 4.95. The van der Waals surface area contributed by atoms with E-state index in [9.17, 15) is 4.79 Å². The lowest BCUT2D eigenvalue weighted by molar-refractivity contribution is -0.141. The highest BCUT2D eigenvalue weighted by Crippen LogP contribution is 2.61. The summed E-state index contributed by atoms with van der Waals surface area (Å²) in [5.41, 5.74) is 0.991. The Morgan fingerprint density at radius 3 is 2.42 bits per heavy atom. The van der Waals surface area contributed by atoms with Gasteiger partial charge in [0.2, 0.25) is 0 Å². The molecule has 0 spiro atoms. The van der Waals surface area contributed by atoms with Crippen molar-refractivity contribution < 1.29 is 9.53 Å². The van der Waals surface area contributed by atoms with Crippen LogP contribution < -0.4 is 10.6 Å². The van der Waals surface area contributed by atoms with Crippen LogP contribution in [0, 0.1) is 46.3 Å². The molecule has 0 aliphatic heterocycles. The maximum Gasteiger partial charge on any atom is 0.305 e. The van der Waals surface area contributed by atoms with E-state index in [1.54, 1.807) is 0 Å². The third-order valence-corrected chi connectivity index (χ3v) is 12.0. The molecule has 0 heterocycles. The largest absolute Gasteiger partial charge is 0.469 e. The topological polar surface area (TPSA) is 50.4 Å². The third kappa shape index (κ3) is 6.33. The lowest BCUT2D eigenvalue weighted by atomic mass is 9.52. The summed E-state index contributed by atoms with van der Waals surface area (Å²) in [7, 11) is 1.53. The predicted octanol–water partition coefficient (Wildman–Crippen LogP) is 6.97. The zero-order valence-corrected chi connectivity index (χ0v) is 24.5. The molecule has 0 aromatic carbocycles. The number of fused-ring (bicyclic) bond motifs is 7. The van der Waals surface area contributed by atoms with Gasteiger partial charge in [0.05, 0.1) is 7.11 Å². The van der Waals surface area contributed by atoms with Gasteiger partial charge < -0.3 is 15.4 Å². The Kier molecular flexibility index (Phi) is 9.51. The number of nitrogens with one attached hydrogen (secondary N) is 2. The van der Waals surface area contributed by atoms with Gasteiger partial charge >= 0.3 is 5.97 Å². The molecule has 9 atom stereocenters. The molecule has 4 nitrogen and oxygen atoms in total. The molecule has 4 saturated carbocycles. The molecule has 208 valence electrons. The number of methoxy groups -OCH3 is 1. The molecule has 4 heteroatoms. The van der Waals surface area contributed by atoms with Gasteiger partial charge in [-0.25, -0.2) is 0 Å². The van der Waals surface area contributed by atoms with E-state index in [0.29, 0.717) is 29.2 Å². The van der Waals surface area contributed by atoms with Crippen LogP contribution in [-0.2, 0) is 9.53 Å². The van der Waals surface area contributed by atoms with E-state index in [0.717, 1.165) is 55.1 Å². The molecule has 2 N–H and O–H groups in total. The van der Waals surface area contributed by atoms with E-state index in [-0.39, 0.29) is 5.97 Å². The Balaban J connectivity index is 1.42. The fourth-order valence-corrected chi connectivity index (χ4v) is 9.68. The highest BCUT2D eigenvalue weighted by atomic mass is 16.5. The Bertz CT molecular complexity index is 725. The predicted molar refractivity (Wildman–Crippen MR) is 150 cm³/mol. The molecule has 4 rings (SSSR count). The van der Waals surface area contributed by atoms with Crippen LogP contribution in [0.5, 0.6) is 0 Å². The van der Waals surface area contributed by atoms with Gasteiger partial charge in [-0.05, 0) is 123 Å². The Morgan fingerprint density at radius 1 is 0.917 bits per heavy atom. The SMILES string of the molecule is COC(=O)CCC(C)C1CCC2CC1(C)CCC1CC2CCC2CC(NCCNC(C)C)CCC21C. The lowest BCUT2D eigenvalue weighted by Gasteiger charge is -2.54. The summed E-state index contributed by atoms with van der Waals surface area (Å²) in [6.07, 6.45) is 17.3. The van der Waals surface area contributed by atoms with E-state index in [2.05, 4.69) is 45.3 Å². The summed E-state index contributed by atoms with van der Waals surface area (Å²) in [6, 6.07) is 1.29. The second-order valence-corrected chi connectivity index (χ2v) is 14.4. The zero-order valence-electron chi connectivity index (χ0n) is 24.5. The first kappa shape index (κ1) is 28.4. The minimum absolute atomic E-state index is 0.0374. The van der Waals surface area contributed by atoms with Crippen molar-refractivity contribution in [3.63, 3.8) is 0 Å². The van der Waals surface area contributed by atoms with E-state index in [1.807, 2.05) is 0 Å². The summed E-state index contributed by atoms with van der Waals surface area (Å²) in [6.45, 7) is 14.4. The maximum atomic E-state index is 11.8. The molecule has 0 radical (unpaired) electrons. The summed E-state index contributed by atoms with van der Waals surface area (Å²) in [5.74, 6) is 5.03. The van der Waals surface area contributed by atoms with Gasteiger partial charge in [0.25, 0.3) is 0 Å². The third-order valence-electron chi connectivity index (χ3n) is 12.0. The first-order chi connectivity index (χ1) is 17.1. The van der Waals surface area contributed by atoms with Gasteiger partial charge in [-0.1, -0.05) is 34.6 Å². The molecule has 4 fully saturated rings. The van der Waals surface area contributed by atoms with Crippen LogP contribution in [0.4, 0.5) is 0 Å². The maximum absolute atomic E-state index is 11.8. The van der Waals surface area contributed by atoms with Crippen molar-refractivity contribution in [2.24, 2.45) is 46.3 Å². The lowest BCUT2D eigenvalue weighted by Crippen LogP contribution is -2.48. The molecule has 0 amide bonds. The smallest absolute Gasteiger partial charge is 0.305 e. The Labute approximate surface area is 222 Å². The van der Waals surface area contributed by atoms with Crippen molar-refractivity contribution in [3.05, 3.63) is 0 Å². The normalized spacial score (nSPS) is 41.5. The average Bonchev–Trinajstić information content (AvgIpc) is 2.99. The van der Waals surface area contributed by atoms with Gasteiger partial charge in [0, 0.05) is 31.6 Å². The molecule has 0 aromatic heterocycles. The van der Waals surface area contributed by atoms with Gasteiger partial charge in [-0.15, -0.1) is 0 Å². The number of carbonyl (C=O) groups excluding carboxylic acids is 1. The van der Waals surface area contributed by atoms with Crippen LogP contribution in [0.15, 0.2) is 0 Å². The van der Waals surface area contributed by atoms with E-state index >= 15 is 0 Å². The number of ether oxygens (including phenoxy) is 1. The van der Waals surface area contributed by atoms with E-state index in [4.69, 9.17) is 4.74 Å². The van der Waals surface area contributed by atoms with Crippen molar-refractivity contribution in [1.29, 1.82) is 0 Å². The molecule has 4 aliphatic carbocycles. The molecule has 36 heavy (non-hydrogen) atoms. The molecular formula is C32H58N2O2. The molecular weight excluding hydrogens is 444 g/mol. The van der Waals surface area contributed by atoms with E-state index in [1.165, 1.54) is 77.7 Å². The van der Waals surface area contributed by atoms with Crippen LogP contribution in [0.1, 0.15) is 118 Å². The summed E-state index contributed by atoms with van der Waals surface area (Å²) in [4.78, 5) is 11.8. The van der Waals surface area contributed by atoms with Crippen molar-refractivity contribution >= 4 is 5.97 Å². The second-order valence-electron chi connectivity index (χ2n) is 14.4. The van der Waals surface area contributed by atoms with Gasteiger partial charge in [0.1, 0.15) is 0 Å². The number of carbonyl (C=O) groups is 1. The van der Waals surface area contributed by atoms with Crippen LogP contribution in [0.2, 0.25) is 0 Å². The molecule has 0 aromatic rings.